The van der Waals surface area contributed by atoms with Crippen molar-refractivity contribution in [1.29, 1.82) is 0 Å². The molecule has 0 aromatic carbocycles. The summed E-state index contributed by atoms with van der Waals surface area (Å²) < 4.78 is 7.20. The topological polar surface area (TPSA) is 87.0 Å². The Labute approximate surface area is 184 Å². The molecule has 1 aliphatic rings. The highest BCUT2D eigenvalue weighted by molar-refractivity contribution is 14.0. The summed E-state index contributed by atoms with van der Waals surface area (Å²) in [5.74, 6) is 0.651. The van der Waals surface area contributed by atoms with E-state index < -0.39 is 0 Å². The SMILES string of the molecule is CCc1nn(C)cc1CN=C(NCCN1CCOCC1)NCC(=O)N(C)C.I. The molecule has 0 aliphatic carbocycles. The second-order valence-corrected chi connectivity index (χ2v) is 6.82. The number of aryl methyl sites for hydroxylation is 2. The lowest BCUT2D eigenvalue weighted by molar-refractivity contribution is -0.127. The Kier molecular flexibility index (Phi) is 11.4. The highest BCUT2D eigenvalue weighted by Gasteiger charge is 2.11. The van der Waals surface area contributed by atoms with Crippen LogP contribution in [0.15, 0.2) is 11.2 Å². The van der Waals surface area contributed by atoms with Gasteiger partial charge in [0, 0.05) is 59.1 Å². The Morgan fingerprint density at radius 2 is 2.04 bits per heavy atom. The Morgan fingerprint density at radius 3 is 2.68 bits per heavy atom. The van der Waals surface area contributed by atoms with Crippen molar-refractivity contribution in [2.24, 2.45) is 12.0 Å². The number of amides is 1. The molecule has 28 heavy (non-hydrogen) atoms. The van der Waals surface area contributed by atoms with Gasteiger partial charge >= 0.3 is 0 Å². The molecular formula is C18H34IN7O2. The normalized spacial score (nSPS) is 15.1. The number of aromatic nitrogens is 2. The maximum atomic E-state index is 11.9. The lowest BCUT2D eigenvalue weighted by Crippen LogP contribution is -2.46. The van der Waals surface area contributed by atoms with E-state index in [2.05, 4.69) is 32.5 Å². The number of likely N-dealkylation sites (N-methyl/N-ethyl adjacent to an activating group) is 1. The number of nitrogens with zero attached hydrogens (tertiary/aromatic N) is 5. The van der Waals surface area contributed by atoms with Gasteiger partial charge in [-0.15, -0.1) is 24.0 Å². The van der Waals surface area contributed by atoms with Crippen molar-refractivity contribution >= 4 is 35.8 Å². The molecule has 1 amide bonds. The number of hydrogen-bond donors (Lipinski definition) is 2. The summed E-state index contributed by atoms with van der Waals surface area (Å²) in [6.07, 6.45) is 2.87. The molecule has 0 unspecified atom stereocenters. The average Bonchev–Trinajstić information content (AvgIpc) is 3.03. The minimum absolute atomic E-state index is 0. The van der Waals surface area contributed by atoms with Crippen LogP contribution in [0.3, 0.4) is 0 Å². The number of halogens is 1. The first-order chi connectivity index (χ1) is 13.0. The van der Waals surface area contributed by atoms with Crippen molar-refractivity contribution in [2.45, 2.75) is 19.9 Å². The summed E-state index contributed by atoms with van der Waals surface area (Å²) in [5, 5.41) is 10.9. The van der Waals surface area contributed by atoms with Gasteiger partial charge in [0.1, 0.15) is 0 Å². The van der Waals surface area contributed by atoms with E-state index in [9.17, 15) is 4.79 Å². The number of nitrogens with one attached hydrogen (secondary N) is 2. The number of rotatable bonds is 8. The summed E-state index contributed by atoms with van der Waals surface area (Å²) in [5.41, 5.74) is 2.16. The average molecular weight is 507 g/mol. The van der Waals surface area contributed by atoms with Gasteiger partial charge in [-0.25, -0.2) is 4.99 Å². The molecule has 0 saturated carbocycles. The molecule has 0 spiro atoms. The third-order valence-corrected chi connectivity index (χ3v) is 4.46. The second-order valence-electron chi connectivity index (χ2n) is 6.82. The molecular weight excluding hydrogens is 473 g/mol. The highest BCUT2D eigenvalue weighted by Crippen LogP contribution is 2.08. The molecule has 0 atom stereocenters. The van der Waals surface area contributed by atoms with Crippen LogP contribution in [-0.2, 0) is 29.5 Å². The number of morpholine rings is 1. The zero-order valence-corrected chi connectivity index (χ0v) is 19.7. The minimum atomic E-state index is 0. The van der Waals surface area contributed by atoms with Crippen LogP contribution in [0.2, 0.25) is 0 Å². The van der Waals surface area contributed by atoms with Crippen LogP contribution in [0.1, 0.15) is 18.2 Å². The van der Waals surface area contributed by atoms with Crippen molar-refractivity contribution in [2.75, 3.05) is 60.0 Å². The van der Waals surface area contributed by atoms with E-state index in [4.69, 9.17) is 4.74 Å². The molecule has 160 valence electrons. The monoisotopic (exact) mass is 507 g/mol. The van der Waals surface area contributed by atoms with E-state index in [0.717, 1.165) is 57.1 Å². The van der Waals surface area contributed by atoms with E-state index in [-0.39, 0.29) is 36.4 Å². The van der Waals surface area contributed by atoms with Crippen LogP contribution in [0.5, 0.6) is 0 Å². The van der Waals surface area contributed by atoms with E-state index in [1.165, 1.54) is 0 Å². The molecule has 2 N–H and O–H groups in total. The zero-order chi connectivity index (χ0) is 19.6. The summed E-state index contributed by atoms with van der Waals surface area (Å²) in [6.45, 7) is 7.99. The Balaban J connectivity index is 0.00000392. The maximum Gasteiger partial charge on any atom is 0.241 e. The molecule has 0 bridgehead atoms. The molecule has 1 saturated heterocycles. The summed E-state index contributed by atoms with van der Waals surface area (Å²) in [7, 11) is 5.41. The van der Waals surface area contributed by atoms with Gasteiger partial charge in [0.05, 0.1) is 32.0 Å². The van der Waals surface area contributed by atoms with Crippen molar-refractivity contribution in [3.05, 3.63) is 17.5 Å². The van der Waals surface area contributed by atoms with Gasteiger partial charge in [0.2, 0.25) is 5.91 Å². The molecule has 1 aromatic heterocycles. The van der Waals surface area contributed by atoms with E-state index in [0.29, 0.717) is 12.5 Å². The molecule has 1 fully saturated rings. The zero-order valence-electron chi connectivity index (χ0n) is 17.4. The summed E-state index contributed by atoms with van der Waals surface area (Å²) in [6, 6.07) is 0. The number of hydrogen-bond acceptors (Lipinski definition) is 5. The fraction of sp³-hybridized carbons (Fsp3) is 0.722. The molecule has 0 radical (unpaired) electrons. The number of carbonyl (C=O) groups is 1. The smallest absolute Gasteiger partial charge is 0.241 e. The standard InChI is InChI=1S/C18H33N7O2.HI/c1-5-16-15(14-24(4)22-16)12-20-18(21-13-17(26)23(2)3)19-6-7-25-8-10-27-11-9-25;/h14H,5-13H2,1-4H3,(H2,19,20,21);1H. The van der Waals surface area contributed by atoms with Gasteiger partial charge in [-0.3, -0.25) is 14.4 Å². The van der Waals surface area contributed by atoms with Crippen LogP contribution < -0.4 is 10.6 Å². The first kappa shape index (κ1) is 24.6. The first-order valence-corrected chi connectivity index (χ1v) is 9.53. The third kappa shape index (κ3) is 8.31. The molecule has 9 nitrogen and oxygen atoms in total. The van der Waals surface area contributed by atoms with Crippen molar-refractivity contribution < 1.29 is 9.53 Å². The lowest BCUT2D eigenvalue weighted by Gasteiger charge is -2.26. The largest absolute Gasteiger partial charge is 0.379 e. The van der Waals surface area contributed by atoms with Gasteiger partial charge in [-0.2, -0.15) is 5.10 Å². The predicted molar refractivity (Wildman–Crippen MR) is 121 cm³/mol. The van der Waals surface area contributed by atoms with Crippen LogP contribution in [0.25, 0.3) is 0 Å². The molecule has 1 aliphatic heterocycles. The molecule has 2 heterocycles. The molecule has 2 rings (SSSR count). The van der Waals surface area contributed by atoms with Crippen molar-refractivity contribution in [3.63, 3.8) is 0 Å². The summed E-state index contributed by atoms with van der Waals surface area (Å²) in [4.78, 5) is 20.5. The number of aliphatic imine (C=N–C) groups is 1. The quantitative estimate of drug-likeness (QED) is 0.294. The molecule has 1 aromatic rings. The first-order valence-electron chi connectivity index (χ1n) is 9.53. The number of guanidine groups is 1. The number of carbonyl (C=O) groups excluding carboxylic acids is 1. The van der Waals surface area contributed by atoms with Gasteiger partial charge in [-0.1, -0.05) is 6.92 Å². The van der Waals surface area contributed by atoms with Gasteiger partial charge in [0.15, 0.2) is 5.96 Å². The highest BCUT2D eigenvalue weighted by atomic mass is 127. The Morgan fingerprint density at radius 1 is 1.32 bits per heavy atom. The maximum absolute atomic E-state index is 11.9. The van der Waals surface area contributed by atoms with Gasteiger partial charge < -0.3 is 20.3 Å². The van der Waals surface area contributed by atoms with E-state index in [1.54, 1.807) is 19.0 Å². The van der Waals surface area contributed by atoms with Crippen LogP contribution in [-0.4, -0.2) is 91.5 Å². The van der Waals surface area contributed by atoms with Crippen LogP contribution >= 0.6 is 24.0 Å². The van der Waals surface area contributed by atoms with Crippen molar-refractivity contribution in [3.8, 4) is 0 Å². The lowest BCUT2D eigenvalue weighted by atomic mass is 10.2. The second kappa shape index (κ2) is 12.9. The van der Waals surface area contributed by atoms with Crippen LogP contribution in [0, 0.1) is 0 Å². The molecule has 10 heteroatoms. The summed E-state index contributed by atoms with van der Waals surface area (Å²) >= 11 is 0. The van der Waals surface area contributed by atoms with E-state index in [1.807, 2.05) is 17.9 Å². The van der Waals surface area contributed by atoms with Gasteiger partial charge in [0.25, 0.3) is 0 Å². The predicted octanol–water partition coefficient (Wildman–Crippen LogP) is 0.0561. The van der Waals surface area contributed by atoms with Crippen molar-refractivity contribution in [1.82, 2.24) is 30.2 Å². The Bertz CT molecular complexity index is 627. The van der Waals surface area contributed by atoms with Gasteiger partial charge in [-0.05, 0) is 6.42 Å². The minimum Gasteiger partial charge on any atom is -0.379 e. The third-order valence-electron chi connectivity index (χ3n) is 4.46. The van der Waals surface area contributed by atoms with Crippen LogP contribution in [0.4, 0.5) is 0 Å². The fourth-order valence-electron chi connectivity index (χ4n) is 2.83. The van der Waals surface area contributed by atoms with E-state index >= 15 is 0 Å². The Hall–Kier alpha value is -1.40. The fourth-order valence-corrected chi connectivity index (χ4v) is 2.83. The number of ether oxygens (including phenoxy) is 1.